The molecule has 3 heterocycles. The number of nitrogens with one attached hydrogen (secondary N) is 1. The van der Waals surface area contributed by atoms with Crippen molar-refractivity contribution in [1.29, 1.82) is 0 Å². The van der Waals surface area contributed by atoms with Gasteiger partial charge in [0.1, 0.15) is 11.0 Å². The van der Waals surface area contributed by atoms with Crippen LogP contribution in [0.1, 0.15) is 17.8 Å². The summed E-state index contributed by atoms with van der Waals surface area (Å²) in [6.07, 6.45) is -2.76. The first kappa shape index (κ1) is 18.3. The fourth-order valence-electron chi connectivity index (χ4n) is 2.75. The van der Waals surface area contributed by atoms with E-state index < -0.39 is 24.0 Å². The lowest BCUT2D eigenvalue weighted by molar-refractivity contribution is -0.186. The largest absolute Gasteiger partial charge is 0.471 e. The van der Waals surface area contributed by atoms with Crippen LogP contribution in [0.2, 0.25) is 0 Å². The Morgan fingerprint density at radius 1 is 1.31 bits per heavy atom. The molecule has 10 heteroatoms. The van der Waals surface area contributed by atoms with E-state index in [1.807, 2.05) is 6.07 Å². The Balaban J connectivity index is 1.60. The zero-order valence-corrected chi connectivity index (χ0v) is 14.3. The molecule has 0 aromatic carbocycles. The fraction of sp³-hybridized carbons (Fsp3) is 0.375. The summed E-state index contributed by atoms with van der Waals surface area (Å²) in [6, 6.07) is 4.32. The number of aromatic nitrogens is 2. The van der Waals surface area contributed by atoms with Crippen molar-refractivity contribution < 1.29 is 22.8 Å². The van der Waals surface area contributed by atoms with Crippen LogP contribution in [-0.2, 0) is 16.1 Å². The number of halogens is 3. The van der Waals surface area contributed by atoms with Gasteiger partial charge < -0.3 is 10.2 Å². The Morgan fingerprint density at radius 2 is 2.12 bits per heavy atom. The second-order valence-electron chi connectivity index (χ2n) is 5.71. The summed E-state index contributed by atoms with van der Waals surface area (Å²) >= 11 is 1.31. The lowest BCUT2D eigenvalue weighted by Gasteiger charge is -2.24. The van der Waals surface area contributed by atoms with E-state index in [-0.39, 0.29) is 19.5 Å². The number of likely N-dealkylation sites (tertiary alicyclic amines) is 1. The monoisotopic (exact) mass is 384 g/mol. The van der Waals surface area contributed by atoms with Crippen LogP contribution >= 0.6 is 11.3 Å². The van der Waals surface area contributed by atoms with E-state index in [1.54, 1.807) is 23.7 Å². The maximum absolute atomic E-state index is 12.6. The molecule has 138 valence electrons. The van der Waals surface area contributed by atoms with E-state index in [0.29, 0.717) is 27.7 Å². The first-order valence-electron chi connectivity index (χ1n) is 7.87. The van der Waals surface area contributed by atoms with Crippen LogP contribution in [0.5, 0.6) is 0 Å². The highest BCUT2D eigenvalue weighted by Gasteiger charge is 2.47. The SMILES string of the molecule is O=C(NCc1nc(-c2ccccn2)cs1)C1CCCN1C(=O)C(F)(F)F. The molecular weight excluding hydrogens is 369 g/mol. The van der Waals surface area contributed by atoms with Crippen LogP contribution in [0.3, 0.4) is 0 Å². The van der Waals surface area contributed by atoms with Crippen LogP contribution in [0.4, 0.5) is 13.2 Å². The van der Waals surface area contributed by atoms with Crippen molar-refractivity contribution in [2.24, 2.45) is 0 Å². The van der Waals surface area contributed by atoms with Gasteiger partial charge in [0.25, 0.3) is 0 Å². The van der Waals surface area contributed by atoms with E-state index in [4.69, 9.17) is 0 Å². The Kier molecular flexibility index (Phi) is 5.21. The highest BCUT2D eigenvalue weighted by molar-refractivity contribution is 7.09. The highest BCUT2D eigenvalue weighted by atomic mass is 32.1. The molecule has 0 spiro atoms. The van der Waals surface area contributed by atoms with Crippen molar-refractivity contribution in [3.8, 4) is 11.4 Å². The van der Waals surface area contributed by atoms with Crippen molar-refractivity contribution in [2.45, 2.75) is 31.6 Å². The van der Waals surface area contributed by atoms with Crippen molar-refractivity contribution in [2.75, 3.05) is 6.54 Å². The molecule has 2 aromatic heterocycles. The zero-order chi connectivity index (χ0) is 18.7. The Labute approximate surface area is 151 Å². The minimum atomic E-state index is -4.98. The highest BCUT2D eigenvalue weighted by Crippen LogP contribution is 2.26. The number of hydrogen-bond acceptors (Lipinski definition) is 5. The Hall–Kier alpha value is -2.49. The predicted octanol–water partition coefficient (Wildman–Crippen LogP) is 2.37. The molecule has 1 N–H and O–H groups in total. The molecule has 1 unspecified atom stereocenters. The van der Waals surface area contributed by atoms with Crippen LogP contribution in [0, 0.1) is 0 Å². The standard InChI is InChI=1S/C16H15F3N4O2S/c17-16(18,19)15(25)23-7-3-5-12(23)14(24)21-8-13-22-11(9-26-13)10-4-1-2-6-20-10/h1-2,4,6,9,12H,3,5,7-8H2,(H,21,24). The molecule has 0 radical (unpaired) electrons. The number of hydrogen-bond donors (Lipinski definition) is 1. The van der Waals surface area contributed by atoms with Gasteiger partial charge in [-0.3, -0.25) is 14.6 Å². The topological polar surface area (TPSA) is 75.2 Å². The van der Waals surface area contributed by atoms with Gasteiger partial charge in [-0.25, -0.2) is 4.98 Å². The van der Waals surface area contributed by atoms with E-state index in [0.717, 1.165) is 0 Å². The average molecular weight is 384 g/mol. The molecule has 0 bridgehead atoms. The molecular formula is C16H15F3N4O2S. The summed E-state index contributed by atoms with van der Waals surface area (Å²) in [7, 11) is 0. The molecule has 0 aliphatic carbocycles. The van der Waals surface area contributed by atoms with Gasteiger partial charge >= 0.3 is 12.1 Å². The molecule has 26 heavy (non-hydrogen) atoms. The zero-order valence-electron chi connectivity index (χ0n) is 13.5. The van der Waals surface area contributed by atoms with Crippen LogP contribution < -0.4 is 5.32 Å². The number of amides is 2. The number of thiazole rings is 1. The third-order valence-electron chi connectivity index (χ3n) is 3.95. The van der Waals surface area contributed by atoms with Crippen molar-refractivity contribution in [3.63, 3.8) is 0 Å². The number of nitrogens with zero attached hydrogens (tertiary/aromatic N) is 3. The number of carbonyl (C=O) groups is 2. The molecule has 2 amide bonds. The quantitative estimate of drug-likeness (QED) is 0.878. The fourth-order valence-corrected chi connectivity index (χ4v) is 3.48. The smallest absolute Gasteiger partial charge is 0.348 e. The maximum Gasteiger partial charge on any atom is 0.471 e. The summed E-state index contributed by atoms with van der Waals surface area (Å²) in [4.78, 5) is 32.8. The summed E-state index contributed by atoms with van der Waals surface area (Å²) in [5, 5.41) is 4.96. The normalized spacial score (nSPS) is 17.3. The molecule has 1 aliphatic rings. The number of rotatable bonds is 4. The third kappa shape index (κ3) is 4.01. The molecule has 6 nitrogen and oxygen atoms in total. The molecule has 0 saturated carbocycles. The minimum Gasteiger partial charge on any atom is -0.348 e. The van der Waals surface area contributed by atoms with Gasteiger partial charge in [0, 0.05) is 18.1 Å². The van der Waals surface area contributed by atoms with Gasteiger partial charge in [-0.2, -0.15) is 13.2 Å². The average Bonchev–Trinajstić information content (AvgIpc) is 3.28. The summed E-state index contributed by atoms with van der Waals surface area (Å²) < 4.78 is 37.8. The molecule has 1 saturated heterocycles. The summed E-state index contributed by atoms with van der Waals surface area (Å²) in [5.41, 5.74) is 1.36. The van der Waals surface area contributed by atoms with Crippen molar-refractivity contribution >= 4 is 23.2 Å². The summed E-state index contributed by atoms with van der Waals surface area (Å²) in [5.74, 6) is -2.57. The first-order chi connectivity index (χ1) is 12.4. The van der Waals surface area contributed by atoms with Crippen LogP contribution in [-0.4, -0.2) is 45.4 Å². The van der Waals surface area contributed by atoms with Gasteiger partial charge in [0.15, 0.2) is 0 Å². The van der Waals surface area contributed by atoms with E-state index in [1.165, 1.54) is 11.3 Å². The van der Waals surface area contributed by atoms with E-state index >= 15 is 0 Å². The van der Waals surface area contributed by atoms with Crippen LogP contribution in [0.15, 0.2) is 29.8 Å². The summed E-state index contributed by atoms with van der Waals surface area (Å²) in [6.45, 7) is 0.0123. The third-order valence-corrected chi connectivity index (χ3v) is 4.80. The lowest BCUT2D eigenvalue weighted by Crippen LogP contribution is -2.50. The van der Waals surface area contributed by atoms with Gasteiger partial charge in [0.05, 0.1) is 17.9 Å². The van der Waals surface area contributed by atoms with Gasteiger partial charge in [-0.15, -0.1) is 11.3 Å². The minimum absolute atomic E-state index is 0.0719. The molecule has 1 fully saturated rings. The molecule has 1 atom stereocenters. The van der Waals surface area contributed by atoms with E-state index in [2.05, 4.69) is 15.3 Å². The van der Waals surface area contributed by atoms with Crippen molar-refractivity contribution in [3.05, 3.63) is 34.8 Å². The van der Waals surface area contributed by atoms with Gasteiger partial charge in [-0.1, -0.05) is 6.07 Å². The molecule has 3 rings (SSSR count). The van der Waals surface area contributed by atoms with E-state index in [9.17, 15) is 22.8 Å². The molecule has 2 aromatic rings. The second kappa shape index (κ2) is 7.40. The first-order valence-corrected chi connectivity index (χ1v) is 8.75. The van der Waals surface area contributed by atoms with Crippen molar-refractivity contribution in [1.82, 2.24) is 20.2 Å². The predicted molar refractivity (Wildman–Crippen MR) is 88.0 cm³/mol. The number of carbonyl (C=O) groups excluding carboxylic acids is 2. The second-order valence-corrected chi connectivity index (χ2v) is 6.66. The Morgan fingerprint density at radius 3 is 2.81 bits per heavy atom. The Bertz CT molecular complexity index is 794. The molecule has 1 aliphatic heterocycles. The maximum atomic E-state index is 12.6. The lowest BCUT2D eigenvalue weighted by atomic mass is 10.2. The van der Waals surface area contributed by atoms with Gasteiger partial charge in [-0.05, 0) is 25.0 Å². The number of alkyl halides is 3. The van der Waals surface area contributed by atoms with Gasteiger partial charge in [0.2, 0.25) is 5.91 Å². The number of pyridine rings is 1. The van der Waals surface area contributed by atoms with Crippen LogP contribution in [0.25, 0.3) is 11.4 Å².